The standard InChI is InChI=1S/C16H31NO/c1-3-8-17-16(7-9-18-4-2)12-15-11-13-5-6-14(15)10-13/h13-17H,3-12H2,1-2H3. The molecule has 0 saturated heterocycles. The summed E-state index contributed by atoms with van der Waals surface area (Å²) in [5.41, 5.74) is 0. The third-order valence-corrected chi connectivity index (χ3v) is 4.97. The molecule has 4 atom stereocenters. The monoisotopic (exact) mass is 253 g/mol. The van der Waals surface area contributed by atoms with Gasteiger partial charge >= 0.3 is 0 Å². The summed E-state index contributed by atoms with van der Waals surface area (Å²) in [7, 11) is 0. The van der Waals surface area contributed by atoms with Crippen molar-refractivity contribution in [1.29, 1.82) is 0 Å². The third kappa shape index (κ3) is 3.96. The molecule has 2 nitrogen and oxygen atoms in total. The van der Waals surface area contributed by atoms with Crippen LogP contribution in [0.4, 0.5) is 0 Å². The van der Waals surface area contributed by atoms with Crippen LogP contribution in [-0.2, 0) is 4.74 Å². The van der Waals surface area contributed by atoms with Crippen molar-refractivity contribution >= 4 is 0 Å². The number of nitrogens with one attached hydrogen (secondary N) is 1. The van der Waals surface area contributed by atoms with Crippen molar-refractivity contribution in [2.24, 2.45) is 17.8 Å². The van der Waals surface area contributed by atoms with E-state index in [2.05, 4.69) is 19.2 Å². The van der Waals surface area contributed by atoms with E-state index in [-0.39, 0.29) is 0 Å². The molecule has 106 valence electrons. The van der Waals surface area contributed by atoms with Crippen molar-refractivity contribution < 1.29 is 4.74 Å². The number of hydrogen-bond acceptors (Lipinski definition) is 2. The Morgan fingerprint density at radius 1 is 1.22 bits per heavy atom. The summed E-state index contributed by atoms with van der Waals surface area (Å²) in [5, 5.41) is 3.73. The second-order valence-electron chi connectivity index (χ2n) is 6.31. The highest BCUT2D eigenvalue weighted by molar-refractivity contribution is 4.91. The number of rotatable bonds is 9. The Labute approximate surface area is 113 Å². The quantitative estimate of drug-likeness (QED) is 0.634. The van der Waals surface area contributed by atoms with Crippen molar-refractivity contribution in [2.75, 3.05) is 19.8 Å². The lowest BCUT2D eigenvalue weighted by molar-refractivity contribution is 0.130. The first-order chi connectivity index (χ1) is 8.83. The summed E-state index contributed by atoms with van der Waals surface area (Å²) in [5.74, 6) is 3.16. The van der Waals surface area contributed by atoms with Crippen LogP contribution in [0.3, 0.4) is 0 Å². The van der Waals surface area contributed by atoms with Crippen molar-refractivity contribution in [3.63, 3.8) is 0 Å². The molecule has 0 amide bonds. The first kappa shape index (κ1) is 14.3. The lowest BCUT2D eigenvalue weighted by atomic mass is 9.83. The van der Waals surface area contributed by atoms with Gasteiger partial charge in [-0.1, -0.05) is 13.3 Å². The number of ether oxygens (including phenoxy) is 1. The minimum Gasteiger partial charge on any atom is -0.382 e. The maximum atomic E-state index is 5.53. The van der Waals surface area contributed by atoms with Crippen LogP contribution in [0.5, 0.6) is 0 Å². The molecule has 0 aromatic heterocycles. The fourth-order valence-electron chi connectivity index (χ4n) is 4.05. The van der Waals surface area contributed by atoms with Gasteiger partial charge in [-0.2, -0.15) is 0 Å². The zero-order chi connectivity index (χ0) is 12.8. The first-order valence-corrected chi connectivity index (χ1v) is 8.14. The van der Waals surface area contributed by atoms with Crippen LogP contribution >= 0.6 is 0 Å². The topological polar surface area (TPSA) is 21.3 Å². The maximum absolute atomic E-state index is 5.53. The van der Waals surface area contributed by atoms with Crippen LogP contribution in [0.25, 0.3) is 0 Å². The molecule has 2 saturated carbocycles. The average Bonchev–Trinajstić information content (AvgIpc) is 2.98. The first-order valence-electron chi connectivity index (χ1n) is 8.14. The molecule has 0 spiro atoms. The van der Waals surface area contributed by atoms with Crippen LogP contribution in [0, 0.1) is 17.8 Å². The van der Waals surface area contributed by atoms with Gasteiger partial charge in [-0.05, 0) is 69.7 Å². The molecule has 2 aliphatic rings. The van der Waals surface area contributed by atoms with E-state index >= 15 is 0 Å². The molecule has 4 unspecified atom stereocenters. The van der Waals surface area contributed by atoms with E-state index in [9.17, 15) is 0 Å². The van der Waals surface area contributed by atoms with Crippen LogP contribution in [0.2, 0.25) is 0 Å². The molecular weight excluding hydrogens is 222 g/mol. The van der Waals surface area contributed by atoms with Crippen molar-refractivity contribution in [1.82, 2.24) is 5.32 Å². The fraction of sp³-hybridized carbons (Fsp3) is 1.00. The van der Waals surface area contributed by atoms with E-state index < -0.39 is 0 Å². The Morgan fingerprint density at radius 3 is 2.72 bits per heavy atom. The predicted octanol–water partition coefficient (Wildman–Crippen LogP) is 3.61. The molecule has 1 N–H and O–H groups in total. The second-order valence-corrected chi connectivity index (χ2v) is 6.31. The molecule has 0 aliphatic heterocycles. The minimum absolute atomic E-state index is 0.695. The number of fused-ring (bicyclic) bond motifs is 2. The fourth-order valence-corrected chi connectivity index (χ4v) is 4.05. The van der Waals surface area contributed by atoms with E-state index in [1.165, 1.54) is 44.9 Å². The van der Waals surface area contributed by atoms with Crippen LogP contribution < -0.4 is 5.32 Å². The summed E-state index contributed by atoms with van der Waals surface area (Å²) in [6.45, 7) is 7.29. The van der Waals surface area contributed by atoms with Gasteiger partial charge in [0.1, 0.15) is 0 Å². The Hall–Kier alpha value is -0.0800. The summed E-state index contributed by atoms with van der Waals surface area (Å²) < 4.78 is 5.53. The van der Waals surface area contributed by atoms with Gasteiger partial charge in [0.25, 0.3) is 0 Å². The van der Waals surface area contributed by atoms with Gasteiger partial charge in [-0.15, -0.1) is 0 Å². The third-order valence-electron chi connectivity index (χ3n) is 4.97. The van der Waals surface area contributed by atoms with E-state index in [4.69, 9.17) is 4.74 Å². The smallest absolute Gasteiger partial charge is 0.0480 e. The molecule has 2 heteroatoms. The largest absolute Gasteiger partial charge is 0.382 e. The van der Waals surface area contributed by atoms with E-state index in [0.717, 1.165) is 37.5 Å². The van der Waals surface area contributed by atoms with Crippen molar-refractivity contribution in [3.05, 3.63) is 0 Å². The zero-order valence-corrected chi connectivity index (χ0v) is 12.3. The second kappa shape index (κ2) is 7.49. The SMILES string of the molecule is CCCNC(CCOCC)CC1CC2CCC1C2. The highest BCUT2D eigenvalue weighted by Gasteiger charge is 2.39. The van der Waals surface area contributed by atoms with Crippen molar-refractivity contribution in [2.45, 2.75) is 64.8 Å². The molecule has 18 heavy (non-hydrogen) atoms. The van der Waals surface area contributed by atoms with E-state index in [1.54, 1.807) is 0 Å². The minimum atomic E-state index is 0.695. The van der Waals surface area contributed by atoms with Gasteiger partial charge in [-0.3, -0.25) is 0 Å². The molecule has 0 heterocycles. The highest BCUT2D eigenvalue weighted by atomic mass is 16.5. The van der Waals surface area contributed by atoms with Crippen LogP contribution in [0.15, 0.2) is 0 Å². The van der Waals surface area contributed by atoms with Gasteiger partial charge < -0.3 is 10.1 Å². The van der Waals surface area contributed by atoms with Gasteiger partial charge in [0.2, 0.25) is 0 Å². The lowest BCUT2D eigenvalue weighted by Crippen LogP contribution is -2.34. The Kier molecular flexibility index (Phi) is 5.97. The van der Waals surface area contributed by atoms with E-state index in [0.29, 0.717) is 6.04 Å². The van der Waals surface area contributed by atoms with Crippen LogP contribution in [-0.4, -0.2) is 25.8 Å². The Bertz CT molecular complexity index is 231. The molecular formula is C16H31NO. The molecule has 2 aliphatic carbocycles. The summed E-state index contributed by atoms with van der Waals surface area (Å²) >= 11 is 0. The van der Waals surface area contributed by atoms with Crippen molar-refractivity contribution in [3.8, 4) is 0 Å². The Balaban J connectivity index is 1.73. The van der Waals surface area contributed by atoms with Gasteiger partial charge in [0.15, 0.2) is 0 Å². The van der Waals surface area contributed by atoms with E-state index in [1.807, 2.05) is 0 Å². The molecule has 0 radical (unpaired) electrons. The predicted molar refractivity (Wildman–Crippen MR) is 76.7 cm³/mol. The average molecular weight is 253 g/mol. The van der Waals surface area contributed by atoms with Crippen LogP contribution in [0.1, 0.15) is 58.8 Å². The molecule has 2 rings (SSSR count). The van der Waals surface area contributed by atoms with Gasteiger partial charge in [0, 0.05) is 19.3 Å². The number of hydrogen-bond donors (Lipinski definition) is 1. The lowest BCUT2D eigenvalue weighted by Gasteiger charge is -2.27. The van der Waals surface area contributed by atoms with Gasteiger partial charge in [-0.25, -0.2) is 0 Å². The summed E-state index contributed by atoms with van der Waals surface area (Å²) in [4.78, 5) is 0. The molecule has 2 fully saturated rings. The Morgan fingerprint density at radius 2 is 2.11 bits per heavy atom. The molecule has 2 bridgehead atoms. The molecule has 0 aromatic rings. The summed E-state index contributed by atoms with van der Waals surface area (Å²) in [6.07, 6.45) is 9.92. The summed E-state index contributed by atoms with van der Waals surface area (Å²) in [6, 6.07) is 0.695. The normalized spacial score (nSPS) is 32.0. The maximum Gasteiger partial charge on any atom is 0.0480 e. The van der Waals surface area contributed by atoms with Gasteiger partial charge in [0.05, 0.1) is 0 Å². The molecule has 0 aromatic carbocycles. The zero-order valence-electron chi connectivity index (χ0n) is 12.3. The highest BCUT2D eigenvalue weighted by Crippen LogP contribution is 2.49.